The number of benzene rings is 5. The summed E-state index contributed by atoms with van der Waals surface area (Å²) in [5.41, 5.74) is 20.8. The number of hydrogen-bond donors (Lipinski definition) is 5. The standard InChI is InChI=1S/C20H20N2O6.C20H24N2O6.C12H18N2O4.C2H6O.CH2Cl2.CH4.H2N2.H2O.H2/c1-13-7-8-17(22(25)26)16(11-13)18(28-12-27-2)9-10-21-19(23)14-5-3-4-6-15(14)20(21)24;1-14-4-9-18(22(24)25)17(12-14)19(28-13-26-2)10-11-21-20(23)15-5-7-16(27-3)8-6-15;1-9-3-4-11(14(15)16)10(7-9)12(5-6-13)18-8-17-2;1-2-3;2-1-3;;1-2;;/h3-8,11,18H,9-10,12H2,1-2H3;4-9,12,19H,10-11,13H2,1-3H3,(H,21,23);3-4,7,12H,5-6,8,13H2,1-2H3;3H,2H2,1H3;1H2;1H4;1-2H;1H2;1H. The van der Waals surface area contributed by atoms with E-state index < -0.39 is 33.1 Å². The SMILES string of the molecule is C.CCO.COCOC(CCN)c1cc(C)ccc1[N+](=O)[O-].COCOC(CCN1C(=O)c2ccccc2C1=O)c1cc(C)ccc1[N+](=O)[O-].COCOC(CCNC(=O)c1ccc(OC)cc1)c1cc(C)ccc1[N+](=O)[O-].ClCCl.N=N.O.[HH]. The molecule has 0 saturated carbocycles. The number of amides is 3. The summed E-state index contributed by atoms with van der Waals surface area (Å²) in [6, 6.07) is 27.9. The summed E-state index contributed by atoms with van der Waals surface area (Å²) in [4.78, 5) is 71.0. The number of imide groups is 1. The highest BCUT2D eigenvalue weighted by atomic mass is 35.5. The molecule has 466 valence electrons. The molecule has 0 spiro atoms. The van der Waals surface area contributed by atoms with E-state index in [0.29, 0.717) is 58.5 Å². The van der Waals surface area contributed by atoms with Crippen molar-refractivity contribution in [1.82, 2.24) is 10.2 Å². The minimum atomic E-state index is -0.704. The zero-order chi connectivity index (χ0) is 61.7. The van der Waals surface area contributed by atoms with E-state index >= 15 is 0 Å². The van der Waals surface area contributed by atoms with Gasteiger partial charge in [-0.2, -0.15) is 0 Å². The number of methoxy groups -OCH3 is 4. The van der Waals surface area contributed by atoms with Crippen molar-refractivity contribution in [3.05, 3.63) is 184 Å². The second-order valence-electron chi connectivity index (χ2n) is 17.0. The van der Waals surface area contributed by atoms with E-state index in [0.717, 1.165) is 21.6 Å². The van der Waals surface area contributed by atoms with E-state index in [9.17, 15) is 44.7 Å². The lowest BCUT2D eigenvalue weighted by molar-refractivity contribution is -0.386. The third kappa shape index (κ3) is 26.0. The molecule has 3 amide bonds. The molecule has 28 heteroatoms. The fraction of sp³-hybridized carbons (Fsp3) is 0.411. The van der Waals surface area contributed by atoms with Gasteiger partial charge in [-0.3, -0.25) is 49.6 Å². The minimum absolute atomic E-state index is 0. The van der Waals surface area contributed by atoms with Crippen LogP contribution in [0.5, 0.6) is 5.75 Å². The van der Waals surface area contributed by atoms with Crippen LogP contribution in [0.4, 0.5) is 17.1 Å². The number of halogens is 2. The van der Waals surface area contributed by atoms with E-state index in [1.807, 2.05) is 20.8 Å². The summed E-state index contributed by atoms with van der Waals surface area (Å²) in [7, 11) is 5.99. The molecule has 0 aromatic heterocycles. The molecule has 0 saturated heterocycles. The number of nitrogens with two attached hydrogens (primary N) is 1. The van der Waals surface area contributed by atoms with Crippen LogP contribution in [-0.4, -0.2) is 128 Å². The van der Waals surface area contributed by atoms with Crippen LogP contribution < -0.4 is 15.8 Å². The third-order valence-electron chi connectivity index (χ3n) is 11.3. The van der Waals surface area contributed by atoms with Crippen molar-refractivity contribution >= 4 is 58.0 Å². The Hall–Kier alpha value is -7.47. The highest BCUT2D eigenvalue weighted by Gasteiger charge is 2.36. The topological polar surface area (TPSA) is 386 Å². The van der Waals surface area contributed by atoms with Crippen LogP contribution in [0.15, 0.2) is 103 Å². The molecule has 5 aromatic rings. The largest absolute Gasteiger partial charge is 0.497 e. The van der Waals surface area contributed by atoms with E-state index in [4.69, 9.17) is 78.3 Å². The number of carbonyl (C=O) groups excluding carboxylic acids is 3. The number of aryl methyl sites for hydroxylation is 3. The predicted molar refractivity (Wildman–Crippen MR) is 318 cm³/mol. The van der Waals surface area contributed by atoms with Gasteiger partial charge in [0.1, 0.15) is 26.1 Å². The first kappa shape index (κ1) is 78.6. The summed E-state index contributed by atoms with van der Waals surface area (Å²) < 4.78 is 36.6. The van der Waals surface area contributed by atoms with Crippen molar-refractivity contribution in [1.29, 1.82) is 11.1 Å². The Morgan fingerprint density at radius 1 is 0.655 bits per heavy atom. The number of carbonyl (C=O) groups is 3. The molecule has 5 aromatic carbocycles. The predicted octanol–water partition coefficient (Wildman–Crippen LogP) is 10.6. The number of nitrogens with one attached hydrogen (secondary N) is 3. The highest BCUT2D eigenvalue weighted by molar-refractivity contribution is 6.40. The lowest BCUT2D eigenvalue weighted by Crippen LogP contribution is -2.32. The quantitative estimate of drug-likeness (QED) is 0.00905. The van der Waals surface area contributed by atoms with Gasteiger partial charge >= 0.3 is 0 Å². The van der Waals surface area contributed by atoms with E-state index in [2.05, 4.69) is 5.32 Å². The number of nitrogens with zero attached hydrogens (tertiary/aromatic N) is 4. The van der Waals surface area contributed by atoms with Gasteiger partial charge in [0.15, 0.2) is 0 Å². The summed E-state index contributed by atoms with van der Waals surface area (Å²) in [6.07, 6.45) is -0.640. The fourth-order valence-electron chi connectivity index (χ4n) is 7.73. The molecule has 3 unspecified atom stereocenters. The number of ether oxygens (including phenoxy) is 7. The van der Waals surface area contributed by atoms with Gasteiger partial charge in [-0.1, -0.05) is 54.4 Å². The first-order valence-corrected chi connectivity index (χ1v) is 26.0. The molecule has 1 aliphatic rings. The molecule has 0 bridgehead atoms. The normalized spacial score (nSPS) is 11.8. The van der Waals surface area contributed by atoms with Crippen LogP contribution in [0.3, 0.4) is 0 Å². The maximum Gasteiger partial charge on any atom is 0.275 e. The van der Waals surface area contributed by atoms with Crippen LogP contribution >= 0.6 is 23.2 Å². The average Bonchev–Trinajstić information content (AvgIpc) is 2.60. The molecule has 26 nitrogen and oxygen atoms in total. The Morgan fingerprint density at radius 2 is 1.00 bits per heavy atom. The second kappa shape index (κ2) is 44.1. The van der Waals surface area contributed by atoms with Crippen LogP contribution in [0.1, 0.15) is 118 Å². The van der Waals surface area contributed by atoms with Crippen molar-refractivity contribution in [2.45, 2.75) is 72.7 Å². The number of nitro groups is 3. The summed E-state index contributed by atoms with van der Waals surface area (Å²) in [6.45, 7) is 8.23. The molecule has 6 rings (SSSR count). The van der Waals surface area contributed by atoms with Crippen molar-refractivity contribution in [2.75, 3.05) is 80.4 Å². The van der Waals surface area contributed by atoms with Crippen molar-refractivity contribution in [3.63, 3.8) is 0 Å². The average molecular weight is 1220 g/mol. The van der Waals surface area contributed by atoms with Gasteiger partial charge in [0, 0.05) is 66.2 Å². The van der Waals surface area contributed by atoms with Gasteiger partial charge in [0.25, 0.3) is 34.8 Å². The van der Waals surface area contributed by atoms with E-state index in [1.54, 1.807) is 99.0 Å². The van der Waals surface area contributed by atoms with Crippen molar-refractivity contribution < 1.29 is 74.3 Å². The Morgan fingerprint density at radius 3 is 1.32 bits per heavy atom. The Bertz CT molecular complexity index is 2750. The molecule has 0 radical (unpaired) electrons. The van der Waals surface area contributed by atoms with Gasteiger partial charge in [-0.15, -0.1) is 23.2 Å². The zero-order valence-electron chi connectivity index (χ0n) is 47.4. The highest BCUT2D eigenvalue weighted by Crippen LogP contribution is 2.34. The zero-order valence-corrected chi connectivity index (χ0v) is 48.9. The number of fused-ring (bicyclic) bond motifs is 1. The van der Waals surface area contributed by atoms with Gasteiger partial charge < -0.3 is 54.8 Å². The summed E-state index contributed by atoms with van der Waals surface area (Å²) >= 11 is 9.53. The van der Waals surface area contributed by atoms with Crippen LogP contribution in [0.2, 0.25) is 0 Å². The maximum atomic E-state index is 12.5. The first-order valence-electron chi connectivity index (χ1n) is 24.9. The monoisotopic (exact) mass is 1220 g/mol. The Kier molecular flexibility index (Phi) is 41.3. The smallest absolute Gasteiger partial charge is 0.275 e. The summed E-state index contributed by atoms with van der Waals surface area (Å²) in [5.74, 6) is -0.321. The molecule has 3 atom stereocenters. The molecule has 0 fully saturated rings. The van der Waals surface area contributed by atoms with Gasteiger partial charge in [-0.05, 0) is 108 Å². The van der Waals surface area contributed by atoms with Crippen molar-refractivity contribution in [3.8, 4) is 5.75 Å². The summed E-state index contributed by atoms with van der Waals surface area (Å²) in [5, 5.41) is 44.4. The number of hydrogen-bond acceptors (Lipinski definition) is 20. The van der Waals surface area contributed by atoms with E-state index in [1.165, 1.54) is 39.5 Å². The first-order chi connectivity index (χ1) is 39.3. The van der Waals surface area contributed by atoms with Gasteiger partial charge in [0.2, 0.25) is 0 Å². The number of alkyl halides is 2. The van der Waals surface area contributed by atoms with Gasteiger partial charge in [-0.25, -0.2) is 11.1 Å². The number of aliphatic hydroxyl groups is 1. The molecule has 1 heterocycles. The molecular weight excluding hydrogens is 1140 g/mol. The fourth-order valence-corrected chi connectivity index (χ4v) is 7.73. The number of aliphatic hydroxyl groups excluding tert-OH is 1. The molecule has 84 heavy (non-hydrogen) atoms. The van der Waals surface area contributed by atoms with Crippen LogP contribution in [-0.2, 0) is 28.4 Å². The minimum Gasteiger partial charge on any atom is -0.497 e. The molecule has 1 aliphatic heterocycles. The lowest BCUT2D eigenvalue weighted by atomic mass is 10.0. The molecular formula is C56H80Cl2N8O18. The second-order valence-corrected chi connectivity index (χ2v) is 17.8. The molecule has 0 aliphatic carbocycles. The van der Waals surface area contributed by atoms with Crippen LogP contribution in [0.25, 0.3) is 0 Å². The van der Waals surface area contributed by atoms with E-state index in [-0.39, 0.29) is 101 Å². The Labute approximate surface area is 499 Å². The van der Waals surface area contributed by atoms with Crippen molar-refractivity contribution in [2.24, 2.45) is 5.73 Å². The van der Waals surface area contributed by atoms with Crippen LogP contribution in [0, 0.1) is 62.2 Å². The molecule has 8 N–H and O–H groups in total. The number of nitro benzene ring substituents is 3. The number of rotatable bonds is 25. The Balaban J connectivity index is -0.00000112. The van der Waals surface area contributed by atoms with Gasteiger partial charge in [0.05, 0.1) is 73.3 Å². The third-order valence-corrected chi connectivity index (χ3v) is 11.3. The maximum absolute atomic E-state index is 12.5. The lowest BCUT2D eigenvalue weighted by Gasteiger charge is -2.21.